The first-order chi connectivity index (χ1) is 17.6. The van der Waals surface area contributed by atoms with Crippen molar-refractivity contribution in [3.05, 3.63) is 34.0 Å². The summed E-state index contributed by atoms with van der Waals surface area (Å²) in [7, 11) is 2.50. The van der Waals surface area contributed by atoms with Gasteiger partial charge in [-0.25, -0.2) is 0 Å². The number of rotatable bonds is 13. The normalized spacial score (nSPS) is 28.0. The van der Waals surface area contributed by atoms with Crippen molar-refractivity contribution in [3.63, 3.8) is 0 Å². The number of aliphatic hydroxyl groups excluding tert-OH is 1. The molecule has 0 amide bonds. The van der Waals surface area contributed by atoms with E-state index in [4.69, 9.17) is 23.4 Å². The van der Waals surface area contributed by atoms with E-state index in [0.717, 1.165) is 5.57 Å². The summed E-state index contributed by atoms with van der Waals surface area (Å²) < 4.78 is 32.3. The minimum Gasteiger partial charge on any atom is -0.469 e. The number of aliphatic hydroxyl groups is 1. The van der Waals surface area contributed by atoms with Gasteiger partial charge in [-0.2, -0.15) is 0 Å². The van der Waals surface area contributed by atoms with Crippen molar-refractivity contribution in [1.82, 2.24) is 0 Å². The number of carbonyl (C=O) groups is 1. The van der Waals surface area contributed by atoms with E-state index in [1.165, 1.54) is 7.11 Å². The Morgan fingerprint density at radius 2 is 1.87 bits per heavy atom. The molecule has 0 radical (unpaired) electrons. The highest BCUT2D eigenvalue weighted by Gasteiger charge is 2.52. The van der Waals surface area contributed by atoms with Crippen molar-refractivity contribution >= 4 is 36.9 Å². The maximum absolute atomic E-state index is 12.4. The largest absolute Gasteiger partial charge is 0.469 e. The van der Waals surface area contributed by atoms with E-state index < -0.39 is 26.2 Å². The molecule has 9 heteroatoms. The van der Waals surface area contributed by atoms with Crippen LogP contribution in [0.2, 0.25) is 18.1 Å². The van der Waals surface area contributed by atoms with Gasteiger partial charge in [0, 0.05) is 32.5 Å². The van der Waals surface area contributed by atoms with Crippen LogP contribution in [0.4, 0.5) is 0 Å². The van der Waals surface area contributed by atoms with E-state index in [1.54, 1.807) is 20.3 Å². The highest BCUT2D eigenvalue weighted by Crippen LogP contribution is 2.45. The molecule has 0 aromatic heterocycles. The third-order valence-electron chi connectivity index (χ3n) is 8.04. The maximum atomic E-state index is 12.4. The zero-order chi connectivity index (χ0) is 29.3. The quantitative estimate of drug-likeness (QED) is 0.0784. The van der Waals surface area contributed by atoms with Crippen molar-refractivity contribution in [1.29, 1.82) is 0 Å². The summed E-state index contributed by atoms with van der Waals surface area (Å²) in [5, 5.41) is 10.4. The average Bonchev–Trinajstić information content (AvgIpc) is 2.83. The fourth-order valence-corrected chi connectivity index (χ4v) is 6.26. The SMILES string of the molecule is COC(=O)C[C@@]1(OC)C[C@@H](O[Si](C)(C)C(C)(C)C)[C@H](C)[C@@H]([C@@H](C)[C@H](/C=C(\C)C[C@H](O)/C=C/C=C/I)OC)O1. The molecule has 38 heavy (non-hydrogen) atoms. The van der Waals surface area contributed by atoms with Gasteiger partial charge in [0.15, 0.2) is 14.1 Å². The lowest BCUT2D eigenvalue weighted by Crippen LogP contribution is -2.59. The number of allylic oxidation sites excluding steroid dienone is 2. The number of carbonyl (C=O) groups excluding carboxylic acids is 1. The summed E-state index contributed by atoms with van der Waals surface area (Å²) in [6, 6.07) is 0. The summed E-state index contributed by atoms with van der Waals surface area (Å²) >= 11 is 2.14. The average molecular weight is 667 g/mol. The molecule has 0 bridgehead atoms. The Bertz CT molecular complexity index is 835. The third-order valence-corrected chi connectivity index (χ3v) is 13.0. The van der Waals surface area contributed by atoms with Crippen LogP contribution in [0.15, 0.2) is 34.0 Å². The van der Waals surface area contributed by atoms with E-state index in [-0.39, 0.29) is 41.6 Å². The lowest BCUT2D eigenvalue weighted by molar-refractivity contribution is -0.310. The number of hydrogen-bond acceptors (Lipinski definition) is 7. The fraction of sp³-hybridized carbons (Fsp3) is 0.759. The van der Waals surface area contributed by atoms with E-state index in [2.05, 4.69) is 76.4 Å². The van der Waals surface area contributed by atoms with Crippen LogP contribution in [0, 0.1) is 11.8 Å². The van der Waals surface area contributed by atoms with Gasteiger partial charge >= 0.3 is 5.97 Å². The molecule has 0 spiro atoms. The summed E-state index contributed by atoms with van der Waals surface area (Å²) in [5.41, 5.74) is 1.02. The Morgan fingerprint density at radius 3 is 2.37 bits per heavy atom. The van der Waals surface area contributed by atoms with Gasteiger partial charge < -0.3 is 28.5 Å². The zero-order valence-corrected chi connectivity index (χ0v) is 28.4. The molecule has 1 fully saturated rings. The second kappa shape index (κ2) is 15.4. The Labute approximate surface area is 245 Å². The molecule has 220 valence electrons. The number of methoxy groups -OCH3 is 3. The number of ether oxygens (including phenoxy) is 4. The molecule has 7 nitrogen and oxygen atoms in total. The molecule has 0 unspecified atom stereocenters. The smallest absolute Gasteiger partial charge is 0.310 e. The van der Waals surface area contributed by atoms with Crippen LogP contribution < -0.4 is 0 Å². The van der Waals surface area contributed by atoms with Gasteiger partial charge in [-0.3, -0.25) is 4.79 Å². The van der Waals surface area contributed by atoms with Gasteiger partial charge in [-0.1, -0.05) is 87.1 Å². The van der Waals surface area contributed by atoms with E-state index in [1.807, 2.05) is 23.2 Å². The van der Waals surface area contributed by atoms with E-state index in [9.17, 15) is 9.90 Å². The Morgan fingerprint density at radius 1 is 1.24 bits per heavy atom. The van der Waals surface area contributed by atoms with Crippen LogP contribution in [-0.2, 0) is 28.2 Å². The molecule has 1 heterocycles. The topological polar surface area (TPSA) is 83.5 Å². The zero-order valence-electron chi connectivity index (χ0n) is 25.2. The molecular weight excluding hydrogens is 615 g/mol. The number of halogens is 1. The van der Waals surface area contributed by atoms with E-state index >= 15 is 0 Å². The molecule has 1 aliphatic rings. The number of esters is 1. The van der Waals surface area contributed by atoms with Gasteiger partial charge in [0.2, 0.25) is 0 Å². The fourth-order valence-electron chi connectivity index (χ4n) is 4.61. The number of hydrogen-bond donors (Lipinski definition) is 1. The van der Waals surface area contributed by atoms with Crippen LogP contribution in [0.25, 0.3) is 0 Å². The van der Waals surface area contributed by atoms with Crippen LogP contribution >= 0.6 is 22.6 Å². The predicted octanol–water partition coefficient (Wildman–Crippen LogP) is 6.56. The minimum absolute atomic E-state index is 0.0238. The van der Waals surface area contributed by atoms with Crippen molar-refractivity contribution in [2.24, 2.45) is 11.8 Å². The highest BCUT2D eigenvalue weighted by molar-refractivity contribution is 14.1. The van der Waals surface area contributed by atoms with Crippen LogP contribution in [0.1, 0.15) is 60.8 Å². The maximum Gasteiger partial charge on any atom is 0.310 e. The van der Waals surface area contributed by atoms with Crippen molar-refractivity contribution in [2.75, 3.05) is 21.3 Å². The van der Waals surface area contributed by atoms with Gasteiger partial charge in [0.05, 0.1) is 37.9 Å². The summed E-state index contributed by atoms with van der Waals surface area (Å²) in [6.07, 6.45) is 7.13. The minimum atomic E-state index is -2.13. The first kappa shape index (κ1) is 35.5. The molecule has 0 aromatic carbocycles. The molecule has 0 aliphatic carbocycles. The van der Waals surface area contributed by atoms with Gasteiger partial charge in [-0.05, 0) is 35.6 Å². The summed E-state index contributed by atoms with van der Waals surface area (Å²) in [4.78, 5) is 12.4. The Kier molecular flexibility index (Phi) is 14.4. The second-order valence-corrected chi connectivity index (χ2v) is 17.5. The molecule has 0 saturated carbocycles. The highest BCUT2D eigenvalue weighted by atomic mass is 127. The summed E-state index contributed by atoms with van der Waals surface area (Å²) in [5.74, 6) is -1.61. The standard InChI is InChI=1S/C29H51IO7Si/c1-20(16-23(31)14-12-13-15-30)17-24(33-7)21(2)27-22(3)25(37-38(10,11)28(4,5)6)18-29(35-9,36-27)19-26(32)34-8/h12-15,17,21-25,27,31H,16,18-19H2,1-11H3/b14-12+,15-13+,20-17+/t21-,22-,23+,24-,25+,27+,29+/m0/s1. The van der Waals surface area contributed by atoms with Crippen molar-refractivity contribution < 1.29 is 33.3 Å². The monoisotopic (exact) mass is 666 g/mol. The first-order valence-corrected chi connectivity index (χ1v) is 17.5. The molecule has 1 N–H and O–H groups in total. The molecule has 7 atom stereocenters. The first-order valence-electron chi connectivity index (χ1n) is 13.4. The van der Waals surface area contributed by atoms with Crippen LogP contribution in [0.3, 0.4) is 0 Å². The predicted molar refractivity (Wildman–Crippen MR) is 164 cm³/mol. The molecular formula is C29H51IO7Si. The lowest BCUT2D eigenvalue weighted by atomic mass is 9.80. The van der Waals surface area contributed by atoms with Gasteiger partial charge in [0.25, 0.3) is 0 Å². The van der Waals surface area contributed by atoms with Crippen molar-refractivity contribution in [2.45, 2.75) is 109 Å². The second-order valence-electron chi connectivity index (χ2n) is 12.0. The van der Waals surface area contributed by atoms with E-state index in [0.29, 0.717) is 12.8 Å². The third kappa shape index (κ3) is 10.1. The molecule has 1 saturated heterocycles. The molecule has 0 aromatic rings. The Balaban J connectivity index is 3.33. The lowest BCUT2D eigenvalue weighted by Gasteiger charge is -2.51. The van der Waals surface area contributed by atoms with Crippen LogP contribution in [-0.4, -0.2) is 70.9 Å². The van der Waals surface area contributed by atoms with Gasteiger partial charge in [0.1, 0.15) is 0 Å². The Hall–Kier alpha value is -0.563. The molecule has 1 rings (SSSR count). The molecule has 1 aliphatic heterocycles. The van der Waals surface area contributed by atoms with Crippen molar-refractivity contribution in [3.8, 4) is 0 Å². The van der Waals surface area contributed by atoms with Crippen LogP contribution in [0.5, 0.6) is 0 Å². The van der Waals surface area contributed by atoms with Gasteiger partial charge in [-0.15, -0.1) is 0 Å². The summed E-state index contributed by atoms with van der Waals surface area (Å²) in [6.45, 7) is 17.4.